The summed E-state index contributed by atoms with van der Waals surface area (Å²) in [5, 5.41) is 4.69. The number of benzene rings is 1. The Hall–Kier alpha value is -2.67. The molecule has 0 saturated carbocycles. The van der Waals surface area contributed by atoms with Gasteiger partial charge in [0.2, 0.25) is 0 Å². The summed E-state index contributed by atoms with van der Waals surface area (Å²) in [5.41, 5.74) is 1.46. The third-order valence-corrected chi connectivity index (χ3v) is 5.42. The van der Waals surface area contributed by atoms with Gasteiger partial charge in [0.15, 0.2) is 0 Å². The van der Waals surface area contributed by atoms with E-state index in [4.69, 9.17) is 0 Å². The number of urea groups is 1. The zero-order valence-corrected chi connectivity index (χ0v) is 14.3. The standard InChI is InChI=1S/C18H17N3O3S/c22-16(15-7-3-9-25-15)19-13-5-1-4-12(10-13)11-21-17(23)14-6-2-8-20(14)18(21)24/h1,3-5,7,9-10,14H,2,6,8,11H2,(H,19,22). The highest BCUT2D eigenvalue weighted by molar-refractivity contribution is 7.12. The molecular weight excluding hydrogens is 338 g/mol. The molecule has 2 fully saturated rings. The van der Waals surface area contributed by atoms with Gasteiger partial charge in [0.1, 0.15) is 6.04 Å². The summed E-state index contributed by atoms with van der Waals surface area (Å²) in [5.74, 6) is -0.281. The van der Waals surface area contributed by atoms with Crippen LogP contribution in [0.4, 0.5) is 10.5 Å². The Morgan fingerprint density at radius 2 is 2.12 bits per heavy atom. The van der Waals surface area contributed by atoms with E-state index in [0.29, 0.717) is 17.1 Å². The second-order valence-corrected chi connectivity index (χ2v) is 7.14. The summed E-state index contributed by atoms with van der Waals surface area (Å²) in [6.45, 7) is 0.885. The van der Waals surface area contributed by atoms with Gasteiger partial charge < -0.3 is 10.2 Å². The van der Waals surface area contributed by atoms with Gasteiger partial charge >= 0.3 is 6.03 Å². The van der Waals surface area contributed by atoms with Gasteiger partial charge in [-0.15, -0.1) is 11.3 Å². The number of imide groups is 1. The highest BCUT2D eigenvalue weighted by atomic mass is 32.1. The quantitative estimate of drug-likeness (QED) is 0.858. The first-order valence-electron chi connectivity index (χ1n) is 8.19. The first-order chi connectivity index (χ1) is 12.1. The lowest BCUT2D eigenvalue weighted by Crippen LogP contribution is -2.32. The number of nitrogens with zero attached hydrogens (tertiary/aromatic N) is 2. The summed E-state index contributed by atoms with van der Waals surface area (Å²) < 4.78 is 0. The molecule has 1 unspecified atom stereocenters. The lowest BCUT2D eigenvalue weighted by Gasteiger charge is -2.16. The van der Waals surface area contributed by atoms with Gasteiger partial charge in [0.25, 0.3) is 11.8 Å². The van der Waals surface area contributed by atoms with Gasteiger partial charge in [-0.3, -0.25) is 14.5 Å². The van der Waals surface area contributed by atoms with Crippen LogP contribution in [0.15, 0.2) is 41.8 Å². The fourth-order valence-electron chi connectivity index (χ4n) is 3.36. The molecule has 2 aliphatic heterocycles. The van der Waals surface area contributed by atoms with E-state index in [1.165, 1.54) is 16.2 Å². The van der Waals surface area contributed by atoms with Crippen molar-refractivity contribution in [3.8, 4) is 0 Å². The van der Waals surface area contributed by atoms with Gasteiger partial charge in [0.05, 0.1) is 11.4 Å². The number of thiophene rings is 1. The van der Waals surface area contributed by atoms with Crippen molar-refractivity contribution in [1.29, 1.82) is 0 Å². The maximum atomic E-state index is 12.4. The van der Waals surface area contributed by atoms with Gasteiger partial charge in [-0.25, -0.2) is 4.79 Å². The molecule has 0 spiro atoms. The SMILES string of the molecule is O=C(Nc1cccc(CN2C(=O)C3CCCN3C2=O)c1)c1cccs1. The van der Waals surface area contributed by atoms with Crippen molar-refractivity contribution in [3.63, 3.8) is 0 Å². The molecule has 2 saturated heterocycles. The zero-order chi connectivity index (χ0) is 17.4. The number of nitrogens with one attached hydrogen (secondary N) is 1. The molecule has 0 bridgehead atoms. The van der Waals surface area contributed by atoms with Crippen LogP contribution in [0.25, 0.3) is 0 Å². The van der Waals surface area contributed by atoms with E-state index in [-0.39, 0.29) is 30.4 Å². The minimum absolute atomic E-state index is 0.115. The molecule has 1 aromatic carbocycles. The molecule has 128 valence electrons. The highest BCUT2D eigenvalue weighted by Crippen LogP contribution is 2.28. The fourth-order valence-corrected chi connectivity index (χ4v) is 3.98. The largest absolute Gasteiger partial charge is 0.327 e. The Labute approximate surface area is 149 Å². The van der Waals surface area contributed by atoms with Crippen molar-refractivity contribution >= 4 is 34.9 Å². The van der Waals surface area contributed by atoms with Gasteiger partial charge in [-0.05, 0) is 42.0 Å². The van der Waals surface area contributed by atoms with E-state index in [1.54, 1.807) is 23.1 Å². The minimum atomic E-state index is -0.283. The number of hydrogen-bond acceptors (Lipinski definition) is 4. The Morgan fingerprint density at radius 3 is 2.88 bits per heavy atom. The maximum Gasteiger partial charge on any atom is 0.327 e. The number of hydrogen-bond donors (Lipinski definition) is 1. The Morgan fingerprint density at radius 1 is 1.24 bits per heavy atom. The predicted octanol–water partition coefficient (Wildman–Crippen LogP) is 2.93. The van der Waals surface area contributed by atoms with E-state index in [0.717, 1.165) is 18.4 Å². The van der Waals surface area contributed by atoms with E-state index >= 15 is 0 Å². The van der Waals surface area contributed by atoms with Crippen LogP contribution < -0.4 is 5.32 Å². The molecule has 3 heterocycles. The van der Waals surface area contributed by atoms with E-state index in [9.17, 15) is 14.4 Å². The smallest absolute Gasteiger partial charge is 0.321 e. The summed E-state index contributed by atoms with van der Waals surface area (Å²) in [6.07, 6.45) is 1.64. The Kier molecular flexibility index (Phi) is 4.01. The normalized spacial score (nSPS) is 19.4. The van der Waals surface area contributed by atoms with Crippen molar-refractivity contribution < 1.29 is 14.4 Å². The molecule has 1 aromatic heterocycles. The number of carbonyl (C=O) groups excluding carboxylic acids is 3. The molecule has 1 N–H and O–H groups in total. The third-order valence-electron chi connectivity index (χ3n) is 4.55. The van der Waals surface area contributed by atoms with Crippen LogP contribution in [-0.4, -0.2) is 40.2 Å². The number of amides is 4. The van der Waals surface area contributed by atoms with E-state index in [2.05, 4.69) is 5.32 Å². The Balaban J connectivity index is 1.48. The Bertz CT molecular complexity index is 812. The van der Waals surface area contributed by atoms with Crippen LogP contribution >= 0.6 is 11.3 Å². The topological polar surface area (TPSA) is 69.7 Å². The van der Waals surface area contributed by atoms with Crippen LogP contribution in [0.3, 0.4) is 0 Å². The second kappa shape index (κ2) is 6.33. The van der Waals surface area contributed by atoms with Crippen LogP contribution in [0.1, 0.15) is 28.1 Å². The van der Waals surface area contributed by atoms with Gasteiger partial charge in [0, 0.05) is 12.2 Å². The van der Waals surface area contributed by atoms with E-state index < -0.39 is 0 Å². The molecule has 25 heavy (non-hydrogen) atoms. The third kappa shape index (κ3) is 2.91. The lowest BCUT2D eigenvalue weighted by atomic mass is 10.1. The monoisotopic (exact) mass is 355 g/mol. The number of carbonyl (C=O) groups is 3. The van der Waals surface area contributed by atoms with Crippen LogP contribution in [0.5, 0.6) is 0 Å². The summed E-state index contributed by atoms with van der Waals surface area (Å²) >= 11 is 1.38. The molecular formula is C18H17N3O3S. The predicted molar refractivity (Wildman–Crippen MR) is 94.4 cm³/mol. The average molecular weight is 355 g/mol. The van der Waals surface area contributed by atoms with Crippen LogP contribution in [0.2, 0.25) is 0 Å². The summed E-state index contributed by atoms with van der Waals surface area (Å²) in [7, 11) is 0. The summed E-state index contributed by atoms with van der Waals surface area (Å²) in [4.78, 5) is 40.5. The lowest BCUT2D eigenvalue weighted by molar-refractivity contribution is -0.128. The molecule has 2 aromatic rings. The molecule has 7 heteroatoms. The highest BCUT2D eigenvalue weighted by Gasteiger charge is 2.47. The zero-order valence-electron chi connectivity index (χ0n) is 13.5. The average Bonchev–Trinajstić information content (AvgIpc) is 3.33. The first-order valence-corrected chi connectivity index (χ1v) is 9.07. The molecule has 0 aliphatic carbocycles. The van der Waals surface area contributed by atoms with Crippen molar-refractivity contribution in [2.45, 2.75) is 25.4 Å². The van der Waals surface area contributed by atoms with Gasteiger partial charge in [-0.2, -0.15) is 0 Å². The second-order valence-electron chi connectivity index (χ2n) is 6.19. The van der Waals surface area contributed by atoms with Crippen molar-refractivity contribution in [3.05, 3.63) is 52.2 Å². The number of rotatable bonds is 4. The first kappa shape index (κ1) is 15.8. The molecule has 1 atom stereocenters. The molecule has 4 rings (SSSR count). The minimum Gasteiger partial charge on any atom is -0.321 e. The maximum absolute atomic E-state index is 12.4. The summed E-state index contributed by atoms with van der Waals surface area (Å²) in [6, 6.07) is 10.4. The number of anilines is 1. The van der Waals surface area contributed by atoms with Gasteiger partial charge in [-0.1, -0.05) is 18.2 Å². The van der Waals surface area contributed by atoms with Crippen LogP contribution in [-0.2, 0) is 11.3 Å². The van der Waals surface area contributed by atoms with E-state index in [1.807, 2.05) is 23.6 Å². The molecule has 4 amide bonds. The fraction of sp³-hybridized carbons (Fsp3) is 0.278. The molecule has 2 aliphatic rings. The van der Waals surface area contributed by atoms with Crippen LogP contribution in [0, 0.1) is 0 Å². The molecule has 0 radical (unpaired) electrons. The van der Waals surface area contributed by atoms with Crippen molar-refractivity contribution in [2.75, 3.05) is 11.9 Å². The molecule has 6 nitrogen and oxygen atoms in total. The van der Waals surface area contributed by atoms with Crippen molar-refractivity contribution in [2.24, 2.45) is 0 Å². The van der Waals surface area contributed by atoms with Crippen molar-refractivity contribution in [1.82, 2.24) is 9.80 Å². The number of fused-ring (bicyclic) bond motifs is 1.